The van der Waals surface area contributed by atoms with Crippen molar-refractivity contribution in [2.75, 3.05) is 52.4 Å². The molecule has 0 aromatic heterocycles. The van der Waals surface area contributed by atoms with Crippen molar-refractivity contribution in [3.05, 3.63) is 0 Å². The van der Waals surface area contributed by atoms with E-state index in [0.29, 0.717) is 0 Å². The molecule has 0 atom stereocenters. The summed E-state index contributed by atoms with van der Waals surface area (Å²) in [7, 11) is 0. The summed E-state index contributed by atoms with van der Waals surface area (Å²) < 4.78 is 0. The molecule has 3 heteroatoms. The van der Waals surface area contributed by atoms with Crippen LogP contribution in [0.4, 0.5) is 0 Å². The van der Waals surface area contributed by atoms with Gasteiger partial charge in [0.25, 0.3) is 0 Å². The Morgan fingerprint density at radius 1 is 0.842 bits per heavy atom. The van der Waals surface area contributed by atoms with Gasteiger partial charge in [-0.15, -0.1) is 0 Å². The Bertz CT molecular complexity index is 208. The van der Waals surface area contributed by atoms with Crippen LogP contribution in [0.1, 0.15) is 40.5 Å². The third kappa shape index (κ3) is 8.61. The molecule has 1 N–H and O–H groups in total. The first-order valence-corrected chi connectivity index (χ1v) is 8.23. The van der Waals surface area contributed by atoms with E-state index >= 15 is 0 Å². The van der Waals surface area contributed by atoms with Crippen LogP contribution in [-0.4, -0.2) is 62.2 Å². The Morgan fingerprint density at radius 2 is 1.47 bits per heavy atom. The first kappa shape index (κ1) is 16.9. The van der Waals surface area contributed by atoms with Gasteiger partial charge >= 0.3 is 0 Å². The van der Waals surface area contributed by atoms with Crippen molar-refractivity contribution in [3.63, 3.8) is 0 Å². The molecule has 1 aliphatic rings. The van der Waals surface area contributed by atoms with Crippen LogP contribution in [0.5, 0.6) is 0 Å². The van der Waals surface area contributed by atoms with Crippen LogP contribution >= 0.6 is 0 Å². The normalized spacial score (nSPS) is 18.6. The number of unbranched alkanes of at least 4 members (excludes halogenated alkanes) is 1. The standard InChI is InChI=1S/C16H35N3/c1-15(2)13-17-7-5-6-8-18-9-11-19(12-10-18)14-16(3)4/h15-17H,5-14H2,1-4H3. The highest BCUT2D eigenvalue weighted by Crippen LogP contribution is 2.06. The second-order valence-electron chi connectivity index (χ2n) is 6.84. The van der Waals surface area contributed by atoms with Gasteiger partial charge in [0.2, 0.25) is 0 Å². The highest BCUT2D eigenvalue weighted by atomic mass is 15.3. The molecule has 0 aliphatic carbocycles. The molecule has 114 valence electrons. The van der Waals surface area contributed by atoms with Crippen LogP contribution in [0.25, 0.3) is 0 Å². The lowest BCUT2D eigenvalue weighted by Gasteiger charge is -2.35. The molecule has 1 fully saturated rings. The molecule has 0 saturated carbocycles. The van der Waals surface area contributed by atoms with E-state index in [1.165, 1.54) is 58.7 Å². The summed E-state index contributed by atoms with van der Waals surface area (Å²) in [5.41, 5.74) is 0. The lowest BCUT2D eigenvalue weighted by molar-refractivity contribution is 0.121. The molecule has 1 heterocycles. The second kappa shape index (κ2) is 9.73. The average Bonchev–Trinajstić information content (AvgIpc) is 2.34. The minimum atomic E-state index is 0.772. The quantitative estimate of drug-likeness (QED) is 0.648. The molecule has 0 amide bonds. The Balaban J connectivity index is 1.95. The van der Waals surface area contributed by atoms with E-state index in [0.717, 1.165) is 18.4 Å². The first-order valence-electron chi connectivity index (χ1n) is 8.23. The summed E-state index contributed by atoms with van der Waals surface area (Å²) in [5.74, 6) is 1.58. The van der Waals surface area contributed by atoms with Crippen LogP contribution in [0, 0.1) is 11.8 Å². The average molecular weight is 269 g/mol. The van der Waals surface area contributed by atoms with E-state index in [1.54, 1.807) is 0 Å². The fourth-order valence-corrected chi connectivity index (χ4v) is 2.69. The van der Waals surface area contributed by atoms with Crippen LogP contribution in [0.2, 0.25) is 0 Å². The monoisotopic (exact) mass is 269 g/mol. The molecule has 0 aromatic carbocycles. The highest BCUT2D eigenvalue weighted by Gasteiger charge is 2.16. The Morgan fingerprint density at radius 3 is 2.05 bits per heavy atom. The van der Waals surface area contributed by atoms with Crippen molar-refractivity contribution in [2.45, 2.75) is 40.5 Å². The molecule has 3 nitrogen and oxygen atoms in total. The van der Waals surface area contributed by atoms with Crippen molar-refractivity contribution in [1.82, 2.24) is 15.1 Å². The summed E-state index contributed by atoms with van der Waals surface area (Å²) >= 11 is 0. The van der Waals surface area contributed by atoms with Gasteiger partial charge in [-0.3, -0.25) is 0 Å². The fourth-order valence-electron chi connectivity index (χ4n) is 2.69. The van der Waals surface area contributed by atoms with Crippen LogP contribution in [0.15, 0.2) is 0 Å². The SMILES string of the molecule is CC(C)CNCCCCN1CCN(CC(C)C)CC1. The largest absolute Gasteiger partial charge is 0.316 e. The van der Waals surface area contributed by atoms with Crippen molar-refractivity contribution in [3.8, 4) is 0 Å². The number of nitrogens with zero attached hydrogens (tertiary/aromatic N) is 2. The second-order valence-corrected chi connectivity index (χ2v) is 6.84. The van der Waals surface area contributed by atoms with Gasteiger partial charge in [-0.05, 0) is 44.3 Å². The van der Waals surface area contributed by atoms with Gasteiger partial charge < -0.3 is 15.1 Å². The topological polar surface area (TPSA) is 18.5 Å². The van der Waals surface area contributed by atoms with Gasteiger partial charge in [0.15, 0.2) is 0 Å². The summed E-state index contributed by atoms with van der Waals surface area (Å²) in [6.07, 6.45) is 2.66. The van der Waals surface area contributed by atoms with Gasteiger partial charge in [-0.2, -0.15) is 0 Å². The van der Waals surface area contributed by atoms with Crippen molar-refractivity contribution in [1.29, 1.82) is 0 Å². The van der Waals surface area contributed by atoms with E-state index < -0.39 is 0 Å². The van der Waals surface area contributed by atoms with Gasteiger partial charge in [0.05, 0.1) is 0 Å². The third-order valence-electron chi connectivity index (χ3n) is 3.72. The molecule has 0 radical (unpaired) electrons. The van der Waals surface area contributed by atoms with Crippen molar-refractivity contribution < 1.29 is 0 Å². The predicted octanol–water partition coefficient (Wildman–Crippen LogP) is 2.29. The van der Waals surface area contributed by atoms with Crippen molar-refractivity contribution in [2.24, 2.45) is 11.8 Å². The zero-order chi connectivity index (χ0) is 14.1. The van der Waals surface area contributed by atoms with Crippen LogP contribution in [-0.2, 0) is 0 Å². The summed E-state index contributed by atoms with van der Waals surface area (Å²) in [4.78, 5) is 5.25. The molecule has 1 saturated heterocycles. The van der Waals surface area contributed by atoms with Crippen LogP contribution in [0.3, 0.4) is 0 Å². The molecule has 1 rings (SSSR count). The Hall–Kier alpha value is -0.120. The highest BCUT2D eigenvalue weighted by molar-refractivity contribution is 4.72. The maximum atomic E-state index is 3.52. The predicted molar refractivity (Wildman–Crippen MR) is 84.7 cm³/mol. The number of nitrogens with one attached hydrogen (secondary N) is 1. The van der Waals surface area contributed by atoms with E-state index in [1.807, 2.05) is 0 Å². The lowest BCUT2D eigenvalue weighted by Crippen LogP contribution is -2.47. The smallest absolute Gasteiger partial charge is 0.0110 e. The van der Waals surface area contributed by atoms with E-state index in [9.17, 15) is 0 Å². The number of hydrogen-bond donors (Lipinski definition) is 1. The van der Waals surface area contributed by atoms with Gasteiger partial charge in [-0.1, -0.05) is 27.7 Å². The summed E-state index contributed by atoms with van der Waals surface area (Å²) in [5, 5.41) is 3.52. The zero-order valence-corrected chi connectivity index (χ0v) is 13.6. The van der Waals surface area contributed by atoms with E-state index in [2.05, 4.69) is 42.8 Å². The minimum absolute atomic E-state index is 0.772. The zero-order valence-electron chi connectivity index (χ0n) is 13.6. The Kier molecular flexibility index (Phi) is 8.67. The molecule has 0 spiro atoms. The minimum Gasteiger partial charge on any atom is -0.316 e. The van der Waals surface area contributed by atoms with Gasteiger partial charge in [0, 0.05) is 32.7 Å². The summed E-state index contributed by atoms with van der Waals surface area (Å²) in [6, 6.07) is 0. The van der Waals surface area contributed by atoms with Gasteiger partial charge in [-0.25, -0.2) is 0 Å². The fraction of sp³-hybridized carbons (Fsp3) is 1.00. The molecular weight excluding hydrogens is 234 g/mol. The molecule has 0 aromatic rings. The molecule has 1 aliphatic heterocycles. The molecule has 0 unspecified atom stereocenters. The van der Waals surface area contributed by atoms with Crippen molar-refractivity contribution >= 4 is 0 Å². The summed E-state index contributed by atoms with van der Waals surface area (Å²) in [6.45, 7) is 19.2. The molecule has 19 heavy (non-hydrogen) atoms. The number of piperazine rings is 1. The third-order valence-corrected chi connectivity index (χ3v) is 3.72. The maximum absolute atomic E-state index is 3.52. The number of hydrogen-bond acceptors (Lipinski definition) is 3. The van der Waals surface area contributed by atoms with Crippen LogP contribution < -0.4 is 5.32 Å². The van der Waals surface area contributed by atoms with E-state index in [4.69, 9.17) is 0 Å². The van der Waals surface area contributed by atoms with E-state index in [-0.39, 0.29) is 0 Å². The maximum Gasteiger partial charge on any atom is 0.0110 e. The first-order chi connectivity index (χ1) is 9.08. The lowest BCUT2D eigenvalue weighted by atomic mass is 10.2. The molecule has 0 bridgehead atoms. The molecular formula is C16H35N3. The number of rotatable bonds is 9. The van der Waals surface area contributed by atoms with Gasteiger partial charge in [0.1, 0.15) is 0 Å². The Labute approximate surface area is 120 Å².